The normalized spacial score (nSPS) is 28.5. The first-order valence-corrected chi connectivity index (χ1v) is 6.78. The number of carbonyl (C=O) groups is 1. The molecule has 17 heavy (non-hydrogen) atoms. The lowest BCUT2D eigenvalue weighted by atomic mass is 9.94. The largest absolute Gasteiger partial charge is 0.353 e. The van der Waals surface area contributed by atoms with Crippen LogP contribution in [0, 0.1) is 5.92 Å². The van der Waals surface area contributed by atoms with Crippen molar-refractivity contribution >= 4 is 5.78 Å². The van der Waals surface area contributed by atoms with Gasteiger partial charge in [-0.1, -0.05) is 6.92 Å². The molecule has 0 spiro atoms. The molecule has 0 bridgehead atoms. The second-order valence-corrected chi connectivity index (χ2v) is 4.94. The Bertz CT molecular complexity index is 251. The number of Topliss-reactive ketones (excluding diaryl/α,β-unsaturated/α-hetero) is 1. The predicted octanol–water partition coefficient (Wildman–Crippen LogP) is 1.44. The fourth-order valence-corrected chi connectivity index (χ4v) is 2.53. The Labute approximate surface area is 103 Å². The van der Waals surface area contributed by atoms with Gasteiger partial charge in [-0.15, -0.1) is 0 Å². The standard InChI is InChI=1S/C13H23NO3/c1-2-11-10-14(6-4-12(11)15)7-5-13-16-8-3-9-17-13/h11,13H,2-10H2,1H3. The number of piperidine rings is 1. The Morgan fingerprint density at radius 3 is 2.82 bits per heavy atom. The smallest absolute Gasteiger partial charge is 0.158 e. The molecule has 1 atom stereocenters. The van der Waals surface area contributed by atoms with E-state index in [1.807, 2.05) is 0 Å². The van der Waals surface area contributed by atoms with E-state index in [9.17, 15) is 4.79 Å². The molecule has 4 heteroatoms. The van der Waals surface area contributed by atoms with Crippen LogP contribution >= 0.6 is 0 Å². The van der Waals surface area contributed by atoms with E-state index in [2.05, 4.69) is 11.8 Å². The maximum absolute atomic E-state index is 11.6. The van der Waals surface area contributed by atoms with Crippen LogP contribution in [0.3, 0.4) is 0 Å². The molecule has 1 unspecified atom stereocenters. The molecule has 2 fully saturated rings. The van der Waals surface area contributed by atoms with Crippen LogP contribution in [-0.4, -0.2) is 49.8 Å². The van der Waals surface area contributed by atoms with Gasteiger partial charge >= 0.3 is 0 Å². The number of ether oxygens (including phenoxy) is 2. The van der Waals surface area contributed by atoms with Crippen molar-refractivity contribution in [2.45, 2.75) is 38.9 Å². The van der Waals surface area contributed by atoms with Crippen molar-refractivity contribution in [2.24, 2.45) is 5.92 Å². The molecular formula is C13H23NO3. The van der Waals surface area contributed by atoms with Gasteiger partial charge in [0.15, 0.2) is 6.29 Å². The molecule has 0 amide bonds. The zero-order chi connectivity index (χ0) is 12.1. The van der Waals surface area contributed by atoms with E-state index in [1.165, 1.54) is 0 Å². The van der Waals surface area contributed by atoms with Gasteiger partial charge in [-0.25, -0.2) is 0 Å². The summed E-state index contributed by atoms with van der Waals surface area (Å²) in [6.07, 6.45) is 3.58. The molecule has 0 aromatic rings. The fraction of sp³-hybridized carbons (Fsp3) is 0.923. The minimum atomic E-state index is -0.0264. The van der Waals surface area contributed by atoms with Crippen molar-refractivity contribution in [1.82, 2.24) is 4.90 Å². The SMILES string of the molecule is CCC1CN(CCC2OCCCO2)CCC1=O. The van der Waals surface area contributed by atoms with E-state index >= 15 is 0 Å². The molecule has 98 valence electrons. The lowest BCUT2D eigenvalue weighted by Crippen LogP contribution is -2.42. The Morgan fingerprint density at radius 1 is 1.35 bits per heavy atom. The Hall–Kier alpha value is -0.450. The molecule has 2 aliphatic heterocycles. The van der Waals surface area contributed by atoms with E-state index in [0.29, 0.717) is 12.2 Å². The van der Waals surface area contributed by atoms with Crippen LogP contribution in [0.2, 0.25) is 0 Å². The highest BCUT2D eigenvalue weighted by Gasteiger charge is 2.26. The van der Waals surface area contributed by atoms with Gasteiger partial charge in [0.1, 0.15) is 5.78 Å². The van der Waals surface area contributed by atoms with Crippen LogP contribution in [0.25, 0.3) is 0 Å². The molecule has 0 saturated carbocycles. The molecule has 0 aromatic carbocycles. The van der Waals surface area contributed by atoms with Gasteiger partial charge in [0.25, 0.3) is 0 Å². The van der Waals surface area contributed by atoms with Crippen LogP contribution in [0.5, 0.6) is 0 Å². The van der Waals surface area contributed by atoms with E-state index < -0.39 is 0 Å². The molecule has 2 heterocycles. The third kappa shape index (κ3) is 3.76. The summed E-state index contributed by atoms with van der Waals surface area (Å²) in [7, 11) is 0. The van der Waals surface area contributed by atoms with Gasteiger partial charge in [-0.2, -0.15) is 0 Å². The number of ketones is 1. The average Bonchev–Trinajstić information content (AvgIpc) is 2.39. The molecular weight excluding hydrogens is 218 g/mol. The van der Waals surface area contributed by atoms with E-state index in [1.54, 1.807) is 0 Å². The van der Waals surface area contributed by atoms with Crippen LogP contribution in [0.4, 0.5) is 0 Å². The monoisotopic (exact) mass is 241 g/mol. The van der Waals surface area contributed by atoms with Crippen LogP contribution in [-0.2, 0) is 14.3 Å². The third-order valence-corrected chi connectivity index (χ3v) is 3.68. The minimum Gasteiger partial charge on any atom is -0.353 e. The Balaban J connectivity index is 1.70. The summed E-state index contributed by atoms with van der Waals surface area (Å²) in [5.74, 6) is 0.686. The van der Waals surface area contributed by atoms with Gasteiger partial charge in [-0.05, 0) is 12.8 Å². The zero-order valence-corrected chi connectivity index (χ0v) is 10.7. The summed E-state index contributed by atoms with van der Waals surface area (Å²) in [4.78, 5) is 14.0. The second-order valence-electron chi connectivity index (χ2n) is 4.94. The van der Waals surface area contributed by atoms with Crippen LogP contribution < -0.4 is 0 Å². The maximum Gasteiger partial charge on any atom is 0.158 e. The Morgan fingerprint density at radius 2 is 2.12 bits per heavy atom. The lowest BCUT2D eigenvalue weighted by Gasteiger charge is -2.32. The molecule has 4 nitrogen and oxygen atoms in total. The predicted molar refractivity (Wildman–Crippen MR) is 64.8 cm³/mol. The van der Waals surface area contributed by atoms with E-state index in [0.717, 1.165) is 52.1 Å². The van der Waals surface area contributed by atoms with Gasteiger partial charge in [0.05, 0.1) is 13.2 Å². The molecule has 0 N–H and O–H groups in total. The molecule has 0 radical (unpaired) electrons. The minimum absolute atomic E-state index is 0.0264. The zero-order valence-electron chi connectivity index (χ0n) is 10.7. The Kier molecular flexibility index (Phi) is 4.95. The summed E-state index contributed by atoms with van der Waals surface area (Å²) in [5, 5.41) is 0. The highest BCUT2D eigenvalue weighted by molar-refractivity contribution is 5.82. The van der Waals surface area contributed by atoms with Gasteiger partial charge < -0.3 is 14.4 Å². The van der Waals surface area contributed by atoms with Gasteiger partial charge in [-0.3, -0.25) is 4.79 Å². The van der Waals surface area contributed by atoms with E-state index in [-0.39, 0.29) is 12.2 Å². The van der Waals surface area contributed by atoms with Crippen molar-refractivity contribution in [1.29, 1.82) is 0 Å². The topological polar surface area (TPSA) is 38.8 Å². The summed E-state index contributed by atoms with van der Waals surface area (Å²) in [5.41, 5.74) is 0. The summed E-state index contributed by atoms with van der Waals surface area (Å²) >= 11 is 0. The molecule has 2 saturated heterocycles. The van der Waals surface area contributed by atoms with E-state index in [4.69, 9.17) is 9.47 Å². The molecule has 0 aliphatic carbocycles. The number of rotatable bonds is 4. The number of likely N-dealkylation sites (tertiary alicyclic amines) is 1. The fourth-order valence-electron chi connectivity index (χ4n) is 2.53. The second kappa shape index (κ2) is 6.47. The number of hydrogen-bond acceptors (Lipinski definition) is 4. The summed E-state index contributed by atoms with van der Waals surface area (Å²) in [6.45, 7) is 6.54. The van der Waals surface area contributed by atoms with Gasteiger partial charge in [0.2, 0.25) is 0 Å². The number of nitrogens with zero attached hydrogens (tertiary/aromatic N) is 1. The first kappa shape index (κ1) is 13.0. The van der Waals surface area contributed by atoms with Crippen molar-refractivity contribution in [3.8, 4) is 0 Å². The first-order chi connectivity index (χ1) is 8.29. The quantitative estimate of drug-likeness (QED) is 0.746. The first-order valence-electron chi connectivity index (χ1n) is 6.78. The van der Waals surface area contributed by atoms with Crippen molar-refractivity contribution in [3.63, 3.8) is 0 Å². The summed E-state index contributed by atoms with van der Waals surface area (Å²) in [6, 6.07) is 0. The average molecular weight is 241 g/mol. The van der Waals surface area contributed by atoms with Crippen LogP contribution in [0.15, 0.2) is 0 Å². The van der Waals surface area contributed by atoms with Crippen LogP contribution in [0.1, 0.15) is 32.6 Å². The highest BCUT2D eigenvalue weighted by Crippen LogP contribution is 2.17. The molecule has 0 aromatic heterocycles. The van der Waals surface area contributed by atoms with Crippen molar-refractivity contribution in [3.05, 3.63) is 0 Å². The van der Waals surface area contributed by atoms with Crippen molar-refractivity contribution < 1.29 is 14.3 Å². The third-order valence-electron chi connectivity index (χ3n) is 3.68. The molecule has 2 aliphatic rings. The van der Waals surface area contributed by atoms with Gasteiger partial charge in [0, 0.05) is 38.4 Å². The lowest BCUT2D eigenvalue weighted by molar-refractivity contribution is -0.183. The molecule has 2 rings (SSSR count). The maximum atomic E-state index is 11.6. The number of carbonyl (C=O) groups excluding carboxylic acids is 1. The van der Waals surface area contributed by atoms with Crippen molar-refractivity contribution in [2.75, 3.05) is 32.8 Å². The highest BCUT2D eigenvalue weighted by atomic mass is 16.7. The number of hydrogen-bond donors (Lipinski definition) is 0. The summed E-state index contributed by atoms with van der Waals surface area (Å²) < 4.78 is 11.1.